The number of β-lactam (4-membered cyclic amide) rings is 1. The largest absolute Gasteiger partial charge is 0.477 e. The van der Waals surface area contributed by atoms with Gasteiger partial charge in [0.15, 0.2) is 10.8 Å². The lowest BCUT2D eigenvalue weighted by atomic mass is 10.0. The highest BCUT2D eigenvalue weighted by atomic mass is 32.2. The zero-order chi connectivity index (χ0) is 26.5. The molecule has 37 heavy (non-hydrogen) atoms. The predicted molar refractivity (Wildman–Crippen MR) is 144 cm³/mol. The average Bonchev–Trinajstić information content (AvgIpc) is 3.31. The molecule has 1 fully saturated rings. The van der Waals surface area contributed by atoms with Gasteiger partial charge in [0.1, 0.15) is 29.4 Å². The molecule has 1 unspecified atom stereocenters. The summed E-state index contributed by atoms with van der Waals surface area (Å²) in [6.07, 6.45) is 5.00. The zero-order valence-corrected chi connectivity index (χ0v) is 21.9. The Morgan fingerprint density at radius 3 is 2.92 bits per heavy atom. The van der Waals surface area contributed by atoms with Crippen molar-refractivity contribution in [1.29, 1.82) is 0 Å². The van der Waals surface area contributed by atoms with Gasteiger partial charge in [-0.15, -0.1) is 23.1 Å². The number of aromatic nitrogens is 2. The van der Waals surface area contributed by atoms with Crippen LogP contribution >= 0.6 is 34.9 Å². The number of carboxylic acids is 1. The molecule has 0 spiro atoms. The Labute approximate surface area is 224 Å². The Bertz CT molecular complexity index is 1320. The van der Waals surface area contributed by atoms with Gasteiger partial charge in [0.05, 0.1) is 0 Å². The van der Waals surface area contributed by atoms with Crippen LogP contribution in [0.25, 0.3) is 6.08 Å². The van der Waals surface area contributed by atoms with E-state index in [2.05, 4.69) is 27.0 Å². The number of aryl methyl sites for hydroxylation is 1. The minimum absolute atomic E-state index is 0.0626. The number of aliphatic carboxylic acids is 1. The Morgan fingerprint density at radius 2 is 2.27 bits per heavy atom. The van der Waals surface area contributed by atoms with Crippen molar-refractivity contribution in [2.75, 3.05) is 18.1 Å². The van der Waals surface area contributed by atoms with Crippen molar-refractivity contribution in [3.8, 4) is 0 Å². The maximum Gasteiger partial charge on any atom is 0.353 e. The summed E-state index contributed by atoms with van der Waals surface area (Å²) in [6, 6.07) is 2.85. The Balaban J connectivity index is 1.48. The molecule has 2 aromatic heterocycles. The number of amides is 2. The van der Waals surface area contributed by atoms with Crippen LogP contribution in [0.2, 0.25) is 0 Å². The molecule has 0 aliphatic carbocycles. The van der Waals surface area contributed by atoms with Crippen molar-refractivity contribution in [2.24, 2.45) is 5.16 Å². The number of nitrogen functional groups attached to an aromatic ring is 1. The number of oxime groups is 1. The summed E-state index contributed by atoms with van der Waals surface area (Å²) in [5, 5.41) is 19.3. The molecule has 2 aliphatic rings. The Kier molecular flexibility index (Phi) is 8.31. The van der Waals surface area contributed by atoms with E-state index >= 15 is 0 Å². The van der Waals surface area contributed by atoms with E-state index in [4.69, 9.17) is 10.6 Å². The Hall–Kier alpha value is -3.62. The molecule has 11 nitrogen and oxygen atoms in total. The second-order valence-electron chi connectivity index (χ2n) is 7.69. The van der Waals surface area contributed by atoms with Gasteiger partial charge in [0.2, 0.25) is 0 Å². The first-order chi connectivity index (χ1) is 17.8. The van der Waals surface area contributed by atoms with E-state index in [9.17, 15) is 19.5 Å². The Morgan fingerprint density at radius 1 is 1.46 bits per heavy atom. The van der Waals surface area contributed by atoms with Crippen molar-refractivity contribution < 1.29 is 24.3 Å². The molecule has 192 valence electrons. The number of hydrogen-bond donors (Lipinski definition) is 3. The summed E-state index contributed by atoms with van der Waals surface area (Å²) in [5.41, 5.74) is 7.40. The third-order valence-corrected chi connectivity index (χ3v) is 8.19. The highest BCUT2D eigenvalue weighted by Gasteiger charge is 2.54. The molecule has 1 saturated heterocycles. The number of rotatable bonds is 10. The second kappa shape index (κ2) is 11.6. The van der Waals surface area contributed by atoms with Crippen LogP contribution in [0.15, 0.2) is 57.5 Å². The molecule has 2 atom stereocenters. The summed E-state index contributed by atoms with van der Waals surface area (Å²) in [6.45, 7) is 5.48. The van der Waals surface area contributed by atoms with Gasteiger partial charge in [-0.3, -0.25) is 19.5 Å². The molecular weight excluding hydrogens is 536 g/mol. The molecule has 0 radical (unpaired) electrons. The minimum atomic E-state index is -1.21. The van der Waals surface area contributed by atoms with Crippen LogP contribution in [-0.2, 0) is 19.2 Å². The van der Waals surface area contributed by atoms with Crippen LogP contribution < -0.4 is 11.1 Å². The SMILES string of the molecule is C=CCON=C(C(=O)NC1C(=O)N2C(C(=O)O)=C(S/C=C\c3ccc(C)nc3)CS[C@H]12)c1csc(N)n1. The fraction of sp³-hybridized carbons (Fsp3) is 0.217. The smallest absolute Gasteiger partial charge is 0.353 e. The second-order valence-corrected chi connectivity index (χ2v) is 10.7. The number of nitrogens with zero attached hydrogens (tertiary/aromatic N) is 4. The number of thiazole rings is 1. The van der Waals surface area contributed by atoms with E-state index < -0.39 is 29.2 Å². The van der Waals surface area contributed by atoms with Crippen molar-refractivity contribution in [1.82, 2.24) is 20.2 Å². The first kappa shape index (κ1) is 26.4. The van der Waals surface area contributed by atoms with E-state index in [1.165, 1.54) is 34.5 Å². The monoisotopic (exact) mass is 558 g/mol. The van der Waals surface area contributed by atoms with Crippen molar-refractivity contribution >= 4 is 69.6 Å². The highest BCUT2D eigenvalue weighted by Crippen LogP contribution is 2.43. The van der Waals surface area contributed by atoms with E-state index in [1.54, 1.807) is 17.0 Å². The van der Waals surface area contributed by atoms with Crippen LogP contribution in [0.1, 0.15) is 17.0 Å². The molecule has 4 heterocycles. The number of carbonyl (C=O) groups excluding carboxylic acids is 2. The zero-order valence-electron chi connectivity index (χ0n) is 19.5. The molecule has 0 bridgehead atoms. The number of fused-ring (bicyclic) bond motifs is 1. The van der Waals surface area contributed by atoms with Gasteiger partial charge in [-0.05, 0) is 30.0 Å². The third-order valence-electron chi connectivity index (χ3n) is 5.16. The van der Waals surface area contributed by atoms with Crippen molar-refractivity contribution in [2.45, 2.75) is 18.3 Å². The number of carbonyl (C=O) groups is 3. The molecular formula is C23H22N6O5S3. The van der Waals surface area contributed by atoms with Gasteiger partial charge in [0, 0.05) is 27.9 Å². The van der Waals surface area contributed by atoms with E-state index in [0.29, 0.717) is 10.7 Å². The number of pyridine rings is 1. The van der Waals surface area contributed by atoms with E-state index in [-0.39, 0.29) is 28.8 Å². The van der Waals surface area contributed by atoms with E-state index in [0.717, 1.165) is 22.6 Å². The minimum Gasteiger partial charge on any atom is -0.477 e. The number of nitrogens with two attached hydrogens (primary N) is 1. The lowest BCUT2D eigenvalue weighted by Gasteiger charge is -2.49. The topological polar surface area (TPSA) is 160 Å². The predicted octanol–water partition coefficient (Wildman–Crippen LogP) is 2.44. The van der Waals surface area contributed by atoms with Gasteiger partial charge >= 0.3 is 5.97 Å². The fourth-order valence-corrected chi connectivity index (χ4v) is 6.32. The highest BCUT2D eigenvalue weighted by molar-refractivity contribution is 8.08. The fourth-order valence-electron chi connectivity index (χ4n) is 3.42. The maximum atomic E-state index is 13.0. The normalized spacial score (nSPS) is 19.4. The van der Waals surface area contributed by atoms with Crippen LogP contribution in [0.5, 0.6) is 0 Å². The van der Waals surface area contributed by atoms with Crippen LogP contribution in [-0.4, -0.2) is 67.2 Å². The number of nitrogens with one attached hydrogen (secondary N) is 1. The van der Waals surface area contributed by atoms with Crippen molar-refractivity contribution in [3.63, 3.8) is 0 Å². The summed E-state index contributed by atoms with van der Waals surface area (Å²) in [5.74, 6) is -2.08. The van der Waals surface area contributed by atoms with Gasteiger partial charge in [-0.25, -0.2) is 9.78 Å². The standard InChI is InChI=1S/C23H22N6O5S3/c1-3-7-34-28-16(14-10-37-23(24)26-14)19(30)27-17-20(31)29-18(22(32)33)15(11-36-21(17)29)35-8-6-13-5-4-12(2)25-9-13/h3-6,8-10,17,21H,1,7,11H2,2H3,(H2,24,26)(H,27,30)(H,32,33)/b8-6-,28-16?/t17?,21-/m1/s1. The van der Waals surface area contributed by atoms with Gasteiger partial charge < -0.3 is 21.0 Å². The van der Waals surface area contributed by atoms with Gasteiger partial charge in [-0.2, -0.15) is 0 Å². The summed E-state index contributed by atoms with van der Waals surface area (Å²) >= 11 is 3.72. The number of carboxylic acid groups (broad SMARTS) is 1. The number of hydrogen-bond acceptors (Lipinski definition) is 11. The van der Waals surface area contributed by atoms with Crippen LogP contribution in [0, 0.1) is 6.92 Å². The molecule has 4 rings (SSSR count). The number of anilines is 1. The maximum absolute atomic E-state index is 13.0. The lowest BCUT2D eigenvalue weighted by molar-refractivity contribution is -0.150. The molecule has 2 aromatic rings. The summed E-state index contributed by atoms with van der Waals surface area (Å²) in [7, 11) is 0. The molecule has 2 aliphatic heterocycles. The first-order valence-electron chi connectivity index (χ1n) is 10.8. The van der Waals surface area contributed by atoms with Crippen LogP contribution in [0.4, 0.5) is 5.13 Å². The summed E-state index contributed by atoms with van der Waals surface area (Å²) < 4.78 is 0. The lowest BCUT2D eigenvalue weighted by Crippen LogP contribution is -2.71. The van der Waals surface area contributed by atoms with Crippen LogP contribution in [0.3, 0.4) is 0 Å². The van der Waals surface area contributed by atoms with Gasteiger partial charge in [-0.1, -0.05) is 35.6 Å². The van der Waals surface area contributed by atoms with E-state index in [1.807, 2.05) is 25.1 Å². The number of thioether (sulfide) groups is 2. The third kappa shape index (κ3) is 5.87. The molecule has 0 aromatic carbocycles. The quantitative estimate of drug-likeness (QED) is 0.130. The molecule has 4 N–H and O–H groups in total. The molecule has 0 saturated carbocycles. The van der Waals surface area contributed by atoms with Gasteiger partial charge in [0.25, 0.3) is 11.8 Å². The van der Waals surface area contributed by atoms with Crippen molar-refractivity contribution in [3.05, 3.63) is 69.3 Å². The molecule has 14 heteroatoms. The summed E-state index contributed by atoms with van der Waals surface area (Å²) in [4.78, 5) is 53.2. The first-order valence-corrected chi connectivity index (χ1v) is 13.6. The molecule has 2 amide bonds. The average molecular weight is 559 g/mol.